The SMILES string of the molecule is CCN(CC)c1ccc(Nc2nc(C)cc(C(=O)O)n2)cc1. The molecular formula is C16H20N4O2. The summed E-state index contributed by atoms with van der Waals surface area (Å²) in [6.45, 7) is 7.87. The minimum absolute atomic E-state index is 0.0187. The van der Waals surface area contributed by atoms with Gasteiger partial charge in [-0.2, -0.15) is 0 Å². The molecule has 0 aliphatic heterocycles. The smallest absolute Gasteiger partial charge is 0.354 e. The van der Waals surface area contributed by atoms with Gasteiger partial charge in [0, 0.05) is 30.2 Å². The highest BCUT2D eigenvalue weighted by Crippen LogP contribution is 2.20. The number of aromatic nitrogens is 2. The summed E-state index contributed by atoms with van der Waals surface area (Å²) in [6, 6.07) is 9.34. The Hall–Kier alpha value is -2.63. The van der Waals surface area contributed by atoms with Gasteiger partial charge in [0.2, 0.25) is 5.95 Å². The van der Waals surface area contributed by atoms with Gasteiger partial charge in [0.15, 0.2) is 5.69 Å². The zero-order valence-corrected chi connectivity index (χ0v) is 13.0. The van der Waals surface area contributed by atoms with E-state index in [4.69, 9.17) is 5.11 Å². The number of carboxylic acids is 1. The Morgan fingerprint density at radius 1 is 1.18 bits per heavy atom. The van der Waals surface area contributed by atoms with Crippen LogP contribution in [0.5, 0.6) is 0 Å². The van der Waals surface area contributed by atoms with Crippen molar-refractivity contribution in [1.29, 1.82) is 0 Å². The van der Waals surface area contributed by atoms with Crippen molar-refractivity contribution in [3.05, 3.63) is 41.7 Å². The Labute approximate surface area is 129 Å². The van der Waals surface area contributed by atoms with E-state index in [1.165, 1.54) is 6.07 Å². The molecule has 2 N–H and O–H groups in total. The van der Waals surface area contributed by atoms with Gasteiger partial charge < -0.3 is 15.3 Å². The predicted molar refractivity (Wildman–Crippen MR) is 87.0 cm³/mol. The maximum Gasteiger partial charge on any atom is 0.354 e. The molecule has 116 valence electrons. The molecule has 0 aliphatic rings. The van der Waals surface area contributed by atoms with Gasteiger partial charge in [-0.1, -0.05) is 0 Å². The molecule has 6 heteroatoms. The van der Waals surface area contributed by atoms with Gasteiger partial charge in [-0.15, -0.1) is 0 Å². The third-order valence-electron chi connectivity index (χ3n) is 3.33. The third kappa shape index (κ3) is 3.72. The largest absolute Gasteiger partial charge is 0.477 e. The van der Waals surface area contributed by atoms with Crippen LogP contribution < -0.4 is 10.2 Å². The van der Waals surface area contributed by atoms with E-state index in [1.54, 1.807) is 6.92 Å². The van der Waals surface area contributed by atoms with Crippen LogP contribution in [-0.4, -0.2) is 34.1 Å². The fourth-order valence-corrected chi connectivity index (χ4v) is 2.21. The lowest BCUT2D eigenvalue weighted by molar-refractivity contribution is 0.0690. The van der Waals surface area contributed by atoms with Crippen LogP contribution in [0.3, 0.4) is 0 Å². The molecule has 0 unspecified atom stereocenters. The molecular weight excluding hydrogens is 280 g/mol. The molecule has 1 aromatic heterocycles. The van der Waals surface area contributed by atoms with E-state index >= 15 is 0 Å². The number of anilines is 3. The Balaban J connectivity index is 2.19. The molecule has 1 heterocycles. The van der Waals surface area contributed by atoms with Crippen LogP contribution in [0.2, 0.25) is 0 Å². The van der Waals surface area contributed by atoms with E-state index in [-0.39, 0.29) is 11.6 Å². The van der Waals surface area contributed by atoms with Crippen molar-refractivity contribution < 1.29 is 9.90 Å². The number of hydrogen-bond acceptors (Lipinski definition) is 5. The number of aromatic carboxylic acids is 1. The zero-order valence-electron chi connectivity index (χ0n) is 13.0. The quantitative estimate of drug-likeness (QED) is 0.853. The summed E-state index contributed by atoms with van der Waals surface area (Å²) in [7, 11) is 0. The van der Waals surface area contributed by atoms with E-state index in [0.717, 1.165) is 24.5 Å². The van der Waals surface area contributed by atoms with Crippen molar-refractivity contribution in [3.8, 4) is 0 Å². The highest BCUT2D eigenvalue weighted by Gasteiger charge is 2.09. The number of rotatable bonds is 6. The second-order valence-electron chi connectivity index (χ2n) is 4.87. The Kier molecular flexibility index (Phi) is 4.93. The molecule has 2 rings (SSSR count). The zero-order chi connectivity index (χ0) is 16.1. The topological polar surface area (TPSA) is 78.4 Å². The van der Waals surface area contributed by atoms with Gasteiger partial charge >= 0.3 is 5.97 Å². The Morgan fingerprint density at radius 2 is 1.82 bits per heavy atom. The van der Waals surface area contributed by atoms with Gasteiger partial charge in [0.25, 0.3) is 0 Å². The second-order valence-corrected chi connectivity index (χ2v) is 4.87. The minimum Gasteiger partial charge on any atom is -0.477 e. The maximum atomic E-state index is 11.0. The number of carboxylic acid groups (broad SMARTS) is 1. The summed E-state index contributed by atoms with van der Waals surface area (Å²) >= 11 is 0. The highest BCUT2D eigenvalue weighted by atomic mass is 16.4. The molecule has 0 fully saturated rings. The van der Waals surface area contributed by atoms with Gasteiger partial charge in [0.1, 0.15) is 0 Å². The summed E-state index contributed by atoms with van der Waals surface area (Å²) in [4.78, 5) is 21.5. The van der Waals surface area contributed by atoms with Gasteiger partial charge in [0.05, 0.1) is 0 Å². The van der Waals surface area contributed by atoms with Crippen LogP contribution in [0, 0.1) is 6.92 Å². The fourth-order valence-electron chi connectivity index (χ4n) is 2.21. The third-order valence-corrected chi connectivity index (χ3v) is 3.33. The summed E-state index contributed by atoms with van der Waals surface area (Å²) in [5, 5.41) is 12.1. The summed E-state index contributed by atoms with van der Waals surface area (Å²) in [5.41, 5.74) is 2.55. The number of carbonyl (C=O) groups is 1. The molecule has 0 spiro atoms. The van der Waals surface area contributed by atoms with Gasteiger partial charge in [-0.25, -0.2) is 14.8 Å². The van der Waals surface area contributed by atoms with Crippen molar-refractivity contribution in [2.75, 3.05) is 23.3 Å². The average molecular weight is 300 g/mol. The summed E-state index contributed by atoms with van der Waals surface area (Å²) in [6.07, 6.45) is 0. The molecule has 22 heavy (non-hydrogen) atoms. The van der Waals surface area contributed by atoms with Crippen molar-refractivity contribution in [1.82, 2.24) is 9.97 Å². The first-order valence-electron chi connectivity index (χ1n) is 7.24. The molecule has 0 saturated carbocycles. The Morgan fingerprint density at radius 3 is 2.36 bits per heavy atom. The number of nitrogens with zero attached hydrogens (tertiary/aromatic N) is 3. The van der Waals surface area contributed by atoms with E-state index in [1.807, 2.05) is 24.3 Å². The van der Waals surface area contributed by atoms with E-state index < -0.39 is 5.97 Å². The molecule has 0 atom stereocenters. The minimum atomic E-state index is -1.06. The van der Waals surface area contributed by atoms with Crippen LogP contribution in [0.1, 0.15) is 30.0 Å². The Bertz CT molecular complexity index is 652. The molecule has 0 saturated heterocycles. The van der Waals surface area contributed by atoms with E-state index in [2.05, 4.69) is 34.0 Å². The van der Waals surface area contributed by atoms with Crippen LogP contribution in [0.15, 0.2) is 30.3 Å². The highest BCUT2D eigenvalue weighted by molar-refractivity contribution is 5.85. The number of nitrogens with one attached hydrogen (secondary N) is 1. The monoisotopic (exact) mass is 300 g/mol. The molecule has 1 aromatic carbocycles. The lowest BCUT2D eigenvalue weighted by atomic mass is 10.2. The van der Waals surface area contributed by atoms with E-state index in [0.29, 0.717) is 5.69 Å². The lowest BCUT2D eigenvalue weighted by Gasteiger charge is -2.21. The first-order valence-corrected chi connectivity index (χ1v) is 7.24. The number of hydrogen-bond donors (Lipinski definition) is 2. The first kappa shape index (κ1) is 15.8. The van der Waals surface area contributed by atoms with Crippen molar-refractivity contribution in [2.24, 2.45) is 0 Å². The maximum absolute atomic E-state index is 11.0. The summed E-state index contributed by atoms with van der Waals surface area (Å²) in [5.74, 6) is -0.779. The predicted octanol–water partition coefficient (Wildman–Crippen LogP) is 3.07. The molecule has 2 aromatic rings. The molecule has 0 radical (unpaired) electrons. The van der Waals surface area contributed by atoms with Crippen LogP contribution in [-0.2, 0) is 0 Å². The lowest BCUT2D eigenvalue weighted by Crippen LogP contribution is -2.21. The molecule has 0 bridgehead atoms. The van der Waals surface area contributed by atoms with Crippen LogP contribution in [0.25, 0.3) is 0 Å². The molecule has 0 aliphatic carbocycles. The second kappa shape index (κ2) is 6.89. The van der Waals surface area contributed by atoms with Crippen molar-refractivity contribution in [2.45, 2.75) is 20.8 Å². The van der Waals surface area contributed by atoms with Crippen molar-refractivity contribution in [3.63, 3.8) is 0 Å². The molecule has 6 nitrogen and oxygen atoms in total. The van der Waals surface area contributed by atoms with Gasteiger partial charge in [-0.3, -0.25) is 0 Å². The first-order chi connectivity index (χ1) is 10.5. The standard InChI is InChI=1S/C16H20N4O2/c1-4-20(5-2)13-8-6-12(7-9-13)18-16-17-11(3)10-14(19-16)15(21)22/h6-10H,4-5H2,1-3H3,(H,21,22)(H,17,18,19). The fraction of sp³-hybridized carbons (Fsp3) is 0.312. The van der Waals surface area contributed by atoms with Crippen molar-refractivity contribution >= 4 is 23.3 Å². The number of aryl methyl sites for hydroxylation is 1. The van der Waals surface area contributed by atoms with Gasteiger partial charge in [-0.05, 0) is 51.1 Å². The van der Waals surface area contributed by atoms with Crippen LogP contribution >= 0.6 is 0 Å². The summed E-state index contributed by atoms with van der Waals surface area (Å²) < 4.78 is 0. The normalized spacial score (nSPS) is 10.3. The average Bonchev–Trinajstić information content (AvgIpc) is 2.49. The molecule has 0 amide bonds. The number of benzene rings is 1. The van der Waals surface area contributed by atoms with Crippen LogP contribution in [0.4, 0.5) is 17.3 Å². The van der Waals surface area contributed by atoms with E-state index in [9.17, 15) is 4.79 Å².